The fourth-order valence-electron chi connectivity index (χ4n) is 3.39. The van der Waals surface area contributed by atoms with Gasteiger partial charge in [0.1, 0.15) is 0 Å². The Bertz CT molecular complexity index is 614. The monoisotopic (exact) mass is 342 g/mol. The highest BCUT2D eigenvalue weighted by Crippen LogP contribution is 2.52. The minimum Gasteiger partial charge on any atom is -0.158 e. The SMILES string of the molecule is CC(C)SCC1(CSC(C)C)c2ccccc2-c2ccccc21. The summed E-state index contributed by atoms with van der Waals surface area (Å²) in [7, 11) is 0. The van der Waals surface area contributed by atoms with Gasteiger partial charge in [0.2, 0.25) is 0 Å². The first-order chi connectivity index (χ1) is 11.0. The van der Waals surface area contributed by atoms with Gasteiger partial charge in [-0.25, -0.2) is 0 Å². The molecule has 2 aromatic carbocycles. The van der Waals surface area contributed by atoms with E-state index in [9.17, 15) is 0 Å². The van der Waals surface area contributed by atoms with Crippen molar-refractivity contribution in [3.8, 4) is 11.1 Å². The van der Waals surface area contributed by atoms with Crippen LogP contribution >= 0.6 is 23.5 Å². The van der Waals surface area contributed by atoms with Crippen molar-refractivity contribution in [3.63, 3.8) is 0 Å². The molecule has 0 nitrogen and oxygen atoms in total. The second-order valence-corrected chi connectivity index (χ2v) is 10.0. The molecule has 0 N–H and O–H groups in total. The summed E-state index contributed by atoms with van der Waals surface area (Å²) in [5, 5.41) is 1.33. The maximum absolute atomic E-state index is 2.36. The van der Waals surface area contributed by atoms with Crippen LogP contribution in [0.3, 0.4) is 0 Å². The fraction of sp³-hybridized carbons (Fsp3) is 0.429. The fourth-order valence-corrected chi connectivity index (χ4v) is 5.58. The standard InChI is InChI=1S/C21H26S2/c1-15(2)22-13-21(14-23-16(3)4)19-11-7-5-9-17(19)18-10-6-8-12-20(18)21/h5-12,15-16H,13-14H2,1-4H3. The summed E-state index contributed by atoms with van der Waals surface area (Å²) >= 11 is 4.19. The minimum atomic E-state index is 0.150. The average molecular weight is 343 g/mol. The van der Waals surface area contributed by atoms with Gasteiger partial charge in [-0.2, -0.15) is 23.5 Å². The zero-order chi connectivity index (χ0) is 16.4. The average Bonchev–Trinajstić information content (AvgIpc) is 2.82. The van der Waals surface area contributed by atoms with Crippen molar-refractivity contribution in [2.24, 2.45) is 0 Å². The van der Waals surface area contributed by atoms with Crippen LogP contribution in [0.1, 0.15) is 38.8 Å². The van der Waals surface area contributed by atoms with Gasteiger partial charge in [-0.1, -0.05) is 76.2 Å². The zero-order valence-electron chi connectivity index (χ0n) is 14.5. The van der Waals surface area contributed by atoms with E-state index in [1.807, 2.05) is 0 Å². The molecule has 0 unspecified atom stereocenters. The number of thioether (sulfide) groups is 2. The minimum absolute atomic E-state index is 0.150. The first-order valence-corrected chi connectivity index (χ1v) is 10.6. The molecule has 122 valence electrons. The molecule has 0 amide bonds. The zero-order valence-corrected chi connectivity index (χ0v) is 16.1. The van der Waals surface area contributed by atoms with Crippen molar-refractivity contribution in [3.05, 3.63) is 59.7 Å². The van der Waals surface area contributed by atoms with E-state index in [0.29, 0.717) is 10.5 Å². The number of hydrogen-bond acceptors (Lipinski definition) is 2. The summed E-state index contributed by atoms with van der Waals surface area (Å²) in [4.78, 5) is 0. The van der Waals surface area contributed by atoms with Gasteiger partial charge in [0, 0.05) is 16.9 Å². The predicted molar refractivity (Wildman–Crippen MR) is 108 cm³/mol. The van der Waals surface area contributed by atoms with Gasteiger partial charge < -0.3 is 0 Å². The van der Waals surface area contributed by atoms with Crippen molar-refractivity contribution < 1.29 is 0 Å². The van der Waals surface area contributed by atoms with E-state index in [-0.39, 0.29) is 5.41 Å². The largest absolute Gasteiger partial charge is 0.158 e. The molecule has 1 aliphatic rings. The van der Waals surface area contributed by atoms with Crippen molar-refractivity contribution in [2.75, 3.05) is 11.5 Å². The third-order valence-corrected chi connectivity index (χ3v) is 7.15. The molecule has 0 saturated carbocycles. The maximum atomic E-state index is 2.36. The van der Waals surface area contributed by atoms with Crippen molar-refractivity contribution >= 4 is 23.5 Å². The topological polar surface area (TPSA) is 0 Å². The van der Waals surface area contributed by atoms with E-state index < -0.39 is 0 Å². The molecule has 2 aromatic rings. The van der Waals surface area contributed by atoms with Gasteiger partial charge in [-0.15, -0.1) is 0 Å². The summed E-state index contributed by atoms with van der Waals surface area (Å²) in [6, 6.07) is 18.1. The van der Waals surface area contributed by atoms with E-state index in [2.05, 4.69) is 99.7 Å². The Morgan fingerprint density at radius 2 is 1.09 bits per heavy atom. The van der Waals surface area contributed by atoms with E-state index >= 15 is 0 Å². The van der Waals surface area contributed by atoms with E-state index in [4.69, 9.17) is 0 Å². The molecule has 0 saturated heterocycles. The van der Waals surface area contributed by atoms with Crippen molar-refractivity contribution in [1.29, 1.82) is 0 Å². The second-order valence-electron chi connectivity index (χ2n) is 6.89. The lowest BCUT2D eigenvalue weighted by molar-refractivity contribution is 0.683. The van der Waals surface area contributed by atoms with Crippen LogP contribution in [-0.2, 0) is 5.41 Å². The highest BCUT2D eigenvalue weighted by atomic mass is 32.2. The number of fused-ring (bicyclic) bond motifs is 3. The van der Waals surface area contributed by atoms with Gasteiger partial charge in [-0.3, -0.25) is 0 Å². The van der Waals surface area contributed by atoms with Crippen LogP contribution in [0.2, 0.25) is 0 Å². The van der Waals surface area contributed by atoms with Crippen LogP contribution in [-0.4, -0.2) is 22.0 Å². The van der Waals surface area contributed by atoms with Crippen LogP contribution in [0, 0.1) is 0 Å². The molecule has 0 aliphatic heterocycles. The van der Waals surface area contributed by atoms with Crippen molar-refractivity contribution in [1.82, 2.24) is 0 Å². The Hall–Kier alpha value is -0.860. The molecule has 1 aliphatic carbocycles. The van der Waals surface area contributed by atoms with Gasteiger partial charge in [0.25, 0.3) is 0 Å². The number of rotatable bonds is 6. The molecule has 2 heteroatoms. The van der Waals surface area contributed by atoms with Crippen LogP contribution in [0.25, 0.3) is 11.1 Å². The molecular formula is C21H26S2. The molecule has 0 fully saturated rings. The molecule has 23 heavy (non-hydrogen) atoms. The lowest BCUT2D eigenvalue weighted by Gasteiger charge is -2.33. The number of benzene rings is 2. The molecule has 0 radical (unpaired) electrons. The highest BCUT2D eigenvalue weighted by Gasteiger charge is 2.42. The van der Waals surface area contributed by atoms with Gasteiger partial charge in [-0.05, 0) is 32.8 Å². The summed E-state index contributed by atoms with van der Waals surface area (Å²) in [5.74, 6) is 2.33. The van der Waals surface area contributed by atoms with Crippen molar-refractivity contribution in [2.45, 2.75) is 43.6 Å². The Balaban J connectivity index is 2.12. The van der Waals surface area contributed by atoms with Crippen LogP contribution in [0.15, 0.2) is 48.5 Å². The van der Waals surface area contributed by atoms with E-state index in [0.717, 1.165) is 0 Å². The van der Waals surface area contributed by atoms with Crippen LogP contribution in [0.4, 0.5) is 0 Å². The lowest BCUT2D eigenvalue weighted by atomic mass is 9.82. The Kier molecular flexibility index (Phi) is 5.13. The summed E-state index contributed by atoms with van der Waals surface area (Å²) in [6.07, 6.45) is 0. The molecule has 0 bridgehead atoms. The predicted octanol–water partition coefficient (Wildman–Crippen LogP) is 6.24. The van der Waals surface area contributed by atoms with Crippen LogP contribution < -0.4 is 0 Å². The smallest absolute Gasteiger partial charge is 0.0395 e. The normalized spacial score (nSPS) is 15.0. The molecular weight excluding hydrogens is 316 g/mol. The van der Waals surface area contributed by atoms with Gasteiger partial charge in [0.15, 0.2) is 0 Å². The number of hydrogen-bond donors (Lipinski definition) is 0. The molecule has 0 spiro atoms. The molecule has 0 aromatic heterocycles. The first kappa shape index (κ1) is 17.0. The maximum Gasteiger partial charge on any atom is 0.0395 e. The summed E-state index contributed by atoms with van der Waals surface area (Å²) in [5.41, 5.74) is 6.09. The Morgan fingerprint density at radius 3 is 1.48 bits per heavy atom. The van der Waals surface area contributed by atoms with E-state index in [1.165, 1.54) is 33.8 Å². The van der Waals surface area contributed by atoms with Gasteiger partial charge in [0.05, 0.1) is 0 Å². The third kappa shape index (κ3) is 3.21. The molecule has 0 heterocycles. The Morgan fingerprint density at radius 1 is 0.696 bits per heavy atom. The first-order valence-electron chi connectivity index (χ1n) is 8.47. The summed E-state index contributed by atoms with van der Waals surface area (Å²) < 4.78 is 0. The molecule has 0 atom stereocenters. The lowest BCUT2D eigenvalue weighted by Crippen LogP contribution is -2.32. The third-order valence-electron chi connectivity index (χ3n) is 4.50. The van der Waals surface area contributed by atoms with Crippen LogP contribution in [0.5, 0.6) is 0 Å². The Labute approximate surface area is 149 Å². The second kappa shape index (κ2) is 6.94. The highest BCUT2D eigenvalue weighted by molar-refractivity contribution is 8.00. The van der Waals surface area contributed by atoms with Gasteiger partial charge >= 0.3 is 0 Å². The summed E-state index contributed by atoms with van der Waals surface area (Å²) in [6.45, 7) is 9.23. The quantitative estimate of drug-likeness (QED) is 0.609. The van der Waals surface area contributed by atoms with E-state index in [1.54, 1.807) is 0 Å². The molecule has 3 rings (SSSR count).